The first-order valence-electron chi connectivity index (χ1n) is 8.78. The van der Waals surface area contributed by atoms with Gasteiger partial charge in [0.1, 0.15) is 0 Å². The molecule has 2 unspecified atom stereocenters. The van der Waals surface area contributed by atoms with Gasteiger partial charge in [0.25, 0.3) is 0 Å². The number of nitrogens with zero attached hydrogens (tertiary/aromatic N) is 2. The van der Waals surface area contributed by atoms with Crippen molar-refractivity contribution in [2.45, 2.75) is 57.0 Å². The lowest BCUT2D eigenvalue weighted by Crippen LogP contribution is -2.41. The Bertz CT molecular complexity index is 353. The van der Waals surface area contributed by atoms with E-state index < -0.39 is 0 Å². The van der Waals surface area contributed by atoms with E-state index in [1.165, 1.54) is 51.6 Å². The normalized spacial score (nSPS) is 34.1. The van der Waals surface area contributed by atoms with Crippen LogP contribution in [-0.2, 0) is 4.79 Å². The number of hydrogen-bond donors (Lipinski definition) is 1. The Morgan fingerprint density at radius 1 is 1.10 bits per heavy atom. The van der Waals surface area contributed by atoms with Crippen LogP contribution in [0.1, 0.15) is 44.9 Å². The van der Waals surface area contributed by atoms with Gasteiger partial charge in [-0.3, -0.25) is 4.79 Å². The molecule has 3 heterocycles. The van der Waals surface area contributed by atoms with Crippen molar-refractivity contribution in [2.24, 2.45) is 11.8 Å². The van der Waals surface area contributed by atoms with Crippen LogP contribution in [0.3, 0.4) is 0 Å². The van der Waals surface area contributed by atoms with E-state index in [0.29, 0.717) is 29.8 Å². The fourth-order valence-electron chi connectivity index (χ4n) is 4.48. The van der Waals surface area contributed by atoms with Crippen LogP contribution < -0.4 is 5.32 Å². The zero-order valence-corrected chi connectivity index (χ0v) is 13.7. The van der Waals surface area contributed by atoms with Gasteiger partial charge in [0.05, 0.1) is 0 Å². The highest BCUT2D eigenvalue weighted by Gasteiger charge is 2.34. The number of likely N-dealkylation sites (tertiary alicyclic amines) is 1. The van der Waals surface area contributed by atoms with Crippen molar-refractivity contribution in [3.8, 4) is 0 Å². The van der Waals surface area contributed by atoms with Crippen LogP contribution in [0.2, 0.25) is 0 Å². The highest BCUT2D eigenvalue weighted by molar-refractivity contribution is 5.76. The summed E-state index contributed by atoms with van der Waals surface area (Å²) in [6, 6.07) is 1.39. The van der Waals surface area contributed by atoms with Crippen molar-refractivity contribution in [3.05, 3.63) is 0 Å². The molecule has 2 bridgehead atoms. The van der Waals surface area contributed by atoms with E-state index in [2.05, 4.69) is 17.3 Å². The molecule has 3 fully saturated rings. The molecule has 0 radical (unpaired) electrons. The zero-order valence-electron chi connectivity index (χ0n) is 13.7. The number of nitrogens with one attached hydrogen (secondary N) is 1. The summed E-state index contributed by atoms with van der Waals surface area (Å²) in [5.41, 5.74) is 0. The fourth-order valence-corrected chi connectivity index (χ4v) is 4.48. The highest BCUT2D eigenvalue weighted by atomic mass is 16.2. The maximum absolute atomic E-state index is 12.5. The molecule has 3 aliphatic rings. The average molecular weight is 293 g/mol. The SMILES string of the molecule is CN1CCC(CN(C)C(=O)CC2CC3CCC(C2)N3)CC1. The van der Waals surface area contributed by atoms with Crippen molar-refractivity contribution in [3.63, 3.8) is 0 Å². The fraction of sp³-hybridized carbons (Fsp3) is 0.941. The summed E-state index contributed by atoms with van der Waals surface area (Å²) in [6.07, 6.45) is 8.32. The summed E-state index contributed by atoms with van der Waals surface area (Å²) in [5, 5.41) is 3.66. The molecule has 120 valence electrons. The number of piperidine rings is 2. The predicted molar refractivity (Wildman–Crippen MR) is 85.1 cm³/mol. The largest absolute Gasteiger partial charge is 0.345 e. The van der Waals surface area contributed by atoms with E-state index in [0.717, 1.165) is 13.0 Å². The smallest absolute Gasteiger partial charge is 0.222 e. The zero-order chi connectivity index (χ0) is 14.8. The molecule has 1 amide bonds. The van der Waals surface area contributed by atoms with Gasteiger partial charge in [-0.05, 0) is 70.5 Å². The molecular formula is C17H31N3O. The second kappa shape index (κ2) is 6.66. The third kappa shape index (κ3) is 3.98. The Morgan fingerprint density at radius 3 is 2.33 bits per heavy atom. The third-order valence-corrected chi connectivity index (χ3v) is 5.83. The van der Waals surface area contributed by atoms with Gasteiger partial charge in [-0.1, -0.05) is 0 Å². The van der Waals surface area contributed by atoms with Gasteiger partial charge in [0.2, 0.25) is 5.91 Å². The molecule has 0 aromatic heterocycles. The lowest BCUT2D eigenvalue weighted by Gasteiger charge is -2.33. The van der Waals surface area contributed by atoms with Crippen LogP contribution >= 0.6 is 0 Å². The van der Waals surface area contributed by atoms with Gasteiger partial charge >= 0.3 is 0 Å². The average Bonchev–Trinajstić information content (AvgIpc) is 2.80. The van der Waals surface area contributed by atoms with Crippen LogP contribution in [0.25, 0.3) is 0 Å². The number of amides is 1. The maximum Gasteiger partial charge on any atom is 0.222 e. The van der Waals surface area contributed by atoms with E-state index in [1.54, 1.807) is 0 Å². The summed E-state index contributed by atoms with van der Waals surface area (Å²) in [5.74, 6) is 1.70. The van der Waals surface area contributed by atoms with Crippen LogP contribution in [-0.4, -0.2) is 61.5 Å². The predicted octanol–water partition coefficient (Wildman–Crippen LogP) is 1.71. The van der Waals surface area contributed by atoms with Gasteiger partial charge in [0, 0.05) is 32.1 Å². The lowest BCUT2D eigenvalue weighted by molar-refractivity contribution is -0.132. The molecule has 0 spiro atoms. The van der Waals surface area contributed by atoms with E-state index in [9.17, 15) is 4.79 Å². The first-order valence-corrected chi connectivity index (χ1v) is 8.78. The molecule has 21 heavy (non-hydrogen) atoms. The minimum Gasteiger partial charge on any atom is -0.345 e. The van der Waals surface area contributed by atoms with Crippen molar-refractivity contribution >= 4 is 5.91 Å². The van der Waals surface area contributed by atoms with Gasteiger partial charge in [-0.25, -0.2) is 0 Å². The molecule has 0 aliphatic carbocycles. The Balaban J connectivity index is 1.42. The summed E-state index contributed by atoms with van der Waals surface area (Å²) < 4.78 is 0. The van der Waals surface area contributed by atoms with Crippen LogP contribution in [0.15, 0.2) is 0 Å². The molecular weight excluding hydrogens is 262 g/mol. The molecule has 2 atom stereocenters. The molecule has 0 aromatic carbocycles. The second-order valence-electron chi connectivity index (χ2n) is 7.70. The summed E-state index contributed by atoms with van der Waals surface area (Å²) in [4.78, 5) is 16.9. The molecule has 3 rings (SSSR count). The molecule has 3 saturated heterocycles. The summed E-state index contributed by atoms with van der Waals surface area (Å²) in [7, 11) is 4.20. The van der Waals surface area contributed by atoms with E-state index >= 15 is 0 Å². The van der Waals surface area contributed by atoms with Gasteiger partial charge < -0.3 is 15.1 Å². The number of rotatable bonds is 4. The third-order valence-electron chi connectivity index (χ3n) is 5.83. The van der Waals surface area contributed by atoms with Crippen molar-refractivity contribution in [1.29, 1.82) is 0 Å². The topological polar surface area (TPSA) is 35.6 Å². The number of carbonyl (C=O) groups excluding carboxylic acids is 1. The van der Waals surface area contributed by atoms with Crippen LogP contribution in [0.4, 0.5) is 0 Å². The number of hydrogen-bond acceptors (Lipinski definition) is 3. The first-order chi connectivity index (χ1) is 10.1. The van der Waals surface area contributed by atoms with E-state index in [4.69, 9.17) is 0 Å². The van der Waals surface area contributed by atoms with Crippen LogP contribution in [0, 0.1) is 11.8 Å². The Kier molecular flexibility index (Phi) is 4.85. The summed E-state index contributed by atoms with van der Waals surface area (Å²) >= 11 is 0. The lowest BCUT2D eigenvalue weighted by atomic mass is 9.89. The molecule has 0 saturated carbocycles. The standard InChI is InChI=1S/C17H31N3O/c1-19-7-5-13(6-8-19)12-20(2)17(21)11-14-9-15-3-4-16(10-14)18-15/h13-16,18H,3-12H2,1-2H3. The first kappa shape index (κ1) is 15.3. The quantitative estimate of drug-likeness (QED) is 0.857. The second-order valence-corrected chi connectivity index (χ2v) is 7.70. The van der Waals surface area contributed by atoms with Crippen molar-refractivity contribution < 1.29 is 4.79 Å². The monoisotopic (exact) mass is 293 g/mol. The molecule has 4 heteroatoms. The summed E-state index contributed by atoms with van der Waals surface area (Å²) in [6.45, 7) is 3.33. The molecule has 3 aliphatic heterocycles. The van der Waals surface area contributed by atoms with Gasteiger partial charge in [0.15, 0.2) is 0 Å². The molecule has 1 N–H and O–H groups in total. The molecule has 0 aromatic rings. The minimum absolute atomic E-state index is 0.375. The van der Waals surface area contributed by atoms with Crippen molar-refractivity contribution in [1.82, 2.24) is 15.1 Å². The van der Waals surface area contributed by atoms with Gasteiger partial charge in [-0.15, -0.1) is 0 Å². The van der Waals surface area contributed by atoms with E-state index in [-0.39, 0.29) is 0 Å². The maximum atomic E-state index is 12.5. The Hall–Kier alpha value is -0.610. The van der Waals surface area contributed by atoms with Gasteiger partial charge in [-0.2, -0.15) is 0 Å². The Morgan fingerprint density at radius 2 is 1.71 bits per heavy atom. The minimum atomic E-state index is 0.375. The Labute approximate surface area is 129 Å². The number of carbonyl (C=O) groups is 1. The van der Waals surface area contributed by atoms with E-state index in [1.807, 2.05) is 11.9 Å². The highest BCUT2D eigenvalue weighted by Crippen LogP contribution is 2.33. The number of fused-ring (bicyclic) bond motifs is 2. The molecule has 4 nitrogen and oxygen atoms in total. The van der Waals surface area contributed by atoms with Crippen LogP contribution in [0.5, 0.6) is 0 Å². The van der Waals surface area contributed by atoms with Crippen molar-refractivity contribution in [2.75, 3.05) is 33.7 Å².